The van der Waals surface area contributed by atoms with E-state index in [4.69, 9.17) is 4.74 Å². The molecular formula is C21H19F3N4O3. The van der Waals surface area contributed by atoms with Crippen LogP contribution >= 0.6 is 0 Å². The van der Waals surface area contributed by atoms with Gasteiger partial charge in [0.25, 0.3) is 0 Å². The van der Waals surface area contributed by atoms with Gasteiger partial charge in [0, 0.05) is 18.2 Å². The molecular weight excluding hydrogens is 413 g/mol. The number of urea groups is 1. The first-order valence-electron chi connectivity index (χ1n) is 9.34. The van der Waals surface area contributed by atoms with E-state index in [9.17, 15) is 22.8 Å². The standard InChI is InChI=1S/C21H19F3N4O3/c1-3-31-18-10-15(29)7-8-16(18)19-25-11-17(12(2)26-19)28-20(30)27-14-6-4-5-13(9-14)21(22,23)24/h4-6,8-11H,3,7H2,1-2H3,(H2,27,28,30). The van der Waals surface area contributed by atoms with Crippen LogP contribution in [-0.4, -0.2) is 28.4 Å². The molecule has 1 aliphatic carbocycles. The van der Waals surface area contributed by atoms with E-state index in [1.807, 2.05) is 0 Å². The number of benzene rings is 1. The van der Waals surface area contributed by atoms with Gasteiger partial charge >= 0.3 is 12.2 Å². The number of nitrogens with zero attached hydrogens (tertiary/aromatic N) is 2. The van der Waals surface area contributed by atoms with E-state index in [2.05, 4.69) is 20.6 Å². The fraction of sp³-hybridized carbons (Fsp3) is 0.238. The molecule has 2 amide bonds. The number of amides is 2. The molecule has 0 saturated heterocycles. The third-order valence-electron chi connectivity index (χ3n) is 4.28. The predicted octanol–water partition coefficient (Wildman–Crippen LogP) is 4.72. The number of hydrogen-bond donors (Lipinski definition) is 2. The molecule has 7 nitrogen and oxygen atoms in total. The molecule has 0 aliphatic heterocycles. The zero-order valence-electron chi connectivity index (χ0n) is 16.7. The molecule has 1 aromatic heterocycles. The van der Waals surface area contributed by atoms with Crippen molar-refractivity contribution in [2.45, 2.75) is 26.4 Å². The summed E-state index contributed by atoms with van der Waals surface area (Å²) in [5.74, 6) is 0.614. The number of ketones is 1. The first-order chi connectivity index (χ1) is 14.7. The summed E-state index contributed by atoms with van der Waals surface area (Å²) in [6, 6.07) is 3.56. The van der Waals surface area contributed by atoms with Gasteiger partial charge in [-0.3, -0.25) is 4.79 Å². The molecule has 2 N–H and O–H groups in total. The second-order valence-electron chi connectivity index (χ2n) is 6.58. The van der Waals surface area contributed by atoms with Gasteiger partial charge in [-0.2, -0.15) is 13.2 Å². The van der Waals surface area contributed by atoms with Crippen LogP contribution in [0.25, 0.3) is 5.57 Å². The van der Waals surface area contributed by atoms with Crippen molar-refractivity contribution in [3.63, 3.8) is 0 Å². The summed E-state index contributed by atoms with van der Waals surface area (Å²) >= 11 is 0. The average Bonchev–Trinajstić information content (AvgIpc) is 2.69. The summed E-state index contributed by atoms with van der Waals surface area (Å²) in [6.45, 7) is 3.80. The van der Waals surface area contributed by atoms with Crippen molar-refractivity contribution in [3.8, 4) is 0 Å². The summed E-state index contributed by atoms with van der Waals surface area (Å²) < 4.78 is 43.9. The normalized spacial score (nSPS) is 13.9. The quantitative estimate of drug-likeness (QED) is 0.713. The van der Waals surface area contributed by atoms with E-state index in [0.717, 1.165) is 12.1 Å². The summed E-state index contributed by atoms with van der Waals surface area (Å²) in [5, 5.41) is 4.87. The number of hydrogen-bond acceptors (Lipinski definition) is 5. The van der Waals surface area contributed by atoms with Crippen molar-refractivity contribution in [3.05, 3.63) is 65.5 Å². The lowest BCUT2D eigenvalue weighted by molar-refractivity contribution is -0.137. The Morgan fingerprint density at radius 1 is 1.26 bits per heavy atom. The fourth-order valence-corrected chi connectivity index (χ4v) is 2.84. The average molecular weight is 432 g/mol. The first kappa shape index (κ1) is 22.0. The largest absolute Gasteiger partial charge is 0.493 e. The Morgan fingerprint density at radius 3 is 2.71 bits per heavy atom. The smallest absolute Gasteiger partial charge is 0.416 e. The van der Waals surface area contributed by atoms with Crippen LogP contribution in [0.1, 0.15) is 30.4 Å². The number of rotatable bonds is 5. The highest BCUT2D eigenvalue weighted by Crippen LogP contribution is 2.31. The second-order valence-corrected chi connectivity index (χ2v) is 6.58. The van der Waals surface area contributed by atoms with Gasteiger partial charge in [0.2, 0.25) is 0 Å². The molecule has 0 unspecified atom stereocenters. The molecule has 1 aliphatic rings. The van der Waals surface area contributed by atoms with E-state index >= 15 is 0 Å². The molecule has 1 aromatic carbocycles. The number of halogens is 3. The highest BCUT2D eigenvalue weighted by Gasteiger charge is 2.30. The molecule has 0 saturated carbocycles. The van der Waals surface area contributed by atoms with Crippen LogP contribution < -0.4 is 10.6 Å². The van der Waals surface area contributed by atoms with Crippen LogP contribution in [0.3, 0.4) is 0 Å². The van der Waals surface area contributed by atoms with E-state index in [0.29, 0.717) is 29.5 Å². The van der Waals surface area contributed by atoms with Crippen molar-refractivity contribution in [1.29, 1.82) is 0 Å². The van der Waals surface area contributed by atoms with Gasteiger partial charge in [0.1, 0.15) is 5.76 Å². The number of aryl methyl sites for hydroxylation is 1. The molecule has 0 atom stereocenters. The van der Waals surface area contributed by atoms with Gasteiger partial charge in [-0.25, -0.2) is 14.8 Å². The molecule has 0 fully saturated rings. The Bertz CT molecular complexity index is 1080. The maximum absolute atomic E-state index is 12.8. The third kappa shape index (κ3) is 5.47. The maximum atomic E-state index is 12.8. The zero-order chi connectivity index (χ0) is 22.6. The number of allylic oxidation sites excluding steroid dienone is 3. The van der Waals surface area contributed by atoms with Crippen molar-refractivity contribution in [1.82, 2.24) is 9.97 Å². The van der Waals surface area contributed by atoms with Crippen molar-refractivity contribution >= 4 is 28.8 Å². The van der Waals surface area contributed by atoms with Crippen LogP contribution in [0.4, 0.5) is 29.3 Å². The first-order valence-corrected chi connectivity index (χ1v) is 9.34. The molecule has 0 spiro atoms. The van der Waals surface area contributed by atoms with Gasteiger partial charge < -0.3 is 15.4 Å². The topological polar surface area (TPSA) is 93.2 Å². The molecule has 0 bridgehead atoms. The van der Waals surface area contributed by atoms with E-state index in [-0.39, 0.29) is 23.6 Å². The molecule has 3 rings (SSSR count). The zero-order valence-corrected chi connectivity index (χ0v) is 16.7. The molecule has 162 valence electrons. The number of alkyl halides is 3. The van der Waals surface area contributed by atoms with Gasteiger partial charge in [0.15, 0.2) is 11.6 Å². The van der Waals surface area contributed by atoms with Crippen LogP contribution in [0, 0.1) is 6.92 Å². The summed E-state index contributed by atoms with van der Waals surface area (Å²) in [5.41, 5.74) is 0.405. The summed E-state index contributed by atoms with van der Waals surface area (Å²) in [7, 11) is 0. The van der Waals surface area contributed by atoms with Gasteiger partial charge in [-0.05, 0) is 32.0 Å². The number of anilines is 2. The highest BCUT2D eigenvalue weighted by atomic mass is 19.4. The lowest BCUT2D eigenvalue weighted by Crippen LogP contribution is -2.21. The van der Waals surface area contributed by atoms with Gasteiger partial charge in [-0.15, -0.1) is 0 Å². The van der Waals surface area contributed by atoms with Crippen molar-refractivity contribution < 1.29 is 27.5 Å². The Balaban J connectivity index is 1.73. The maximum Gasteiger partial charge on any atom is 0.416 e. The summed E-state index contributed by atoms with van der Waals surface area (Å²) in [4.78, 5) is 32.4. The number of carbonyl (C=O) groups excluding carboxylic acids is 2. The lowest BCUT2D eigenvalue weighted by Gasteiger charge is -2.16. The molecule has 2 aromatic rings. The van der Waals surface area contributed by atoms with Crippen LogP contribution in [0.5, 0.6) is 0 Å². The van der Waals surface area contributed by atoms with Crippen LogP contribution in [-0.2, 0) is 15.7 Å². The Hall–Kier alpha value is -3.69. The van der Waals surface area contributed by atoms with Crippen molar-refractivity contribution in [2.75, 3.05) is 17.2 Å². The Labute approximate surface area is 176 Å². The summed E-state index contributed by atoms with van der Waals surface area (Å²) in [6.07, 6.45) is 0.140. The van der Waals surface area contributed by atoms with E-state index in [1.165, 1.54) is 24.4 Å². The minimum atomic E-state index is -4.51. The van der Waals surface area contributed by atoms with Crippen molar-refractivity contribution in [2.24, 2.45) is 0 Å². The van der Waals surface area contributed by atoms with Crippen LogP contribution in [0.15, 0.2) is 48.4 Å². The monoisotopic (exact) mass is 432 g/mol. The lowest BCUT2D eigenvalue weighted by atomic mass is 10.0. The van der Waals surface area contributed by atoms with Crippen LogP contribution in [0.2, 0.25) is 0 Å². The minimum absolute atomic E-state index is 0.00830. The third-order valence-corrected chi connectivity index (χ3v) is 4.28. The Kier molecular flexibility index (Phi) is 6.38. The minimum Gasteiger partial charge on any atom is -0.493 e. The number of nitrogens with one attached hydrogen (secondary N) is 2. The Morgan fingerprint density at radius 2 is 2.03 bits per heavy atom. The number of aromatic nitrogens is 2. The molecule has 10 heteroatoms. The van der Waals surface area contributed by atoms with Gasteiger partial charge in [-0.1, -0.05) is 12.1 Å². The number of ether oxygens (including phenoxy) is 1. The fourth-order valence-electron chi connectivity index (χ4n) is 2.84. The molecule has 1 heterocycles. The highest BCUT2D eigenvalue weighted by molar-refractivity contribution is 6.00. The number of carbonyl (C=O) groups is 2. The molecule has 0 radical (unpaired) electrons. The van der Waals surface area contributed by atoms with E-state index in [1.54, 1.807) is 19.9 Å². The second kappa shape index (κ2) is 8.99. The van der Waals surface area contributed by atoms with E-state index < -0.39 is 17.8 Å². The van der Waals surface area contributed by atoms with Gasteiger partial charge in [0.05, 0.1) is 35.3 Å². The molecule has 31 heavy (non-hydrogen) atoms. The predicted molar refractivity (Wildman–Crippen MR) is 108 cm³/mol. The SMILES string of the molecule is CCOC1=CC(=O)CC=C1c1ncc(NC(=O)Nc2cccc(C(F)(F)F)c2)c(C)n1.